The van der Waals surface area contributed by atoms with E-state index in [1.807, 2.05) is 0 Å². The van der Waals surface area contributed by atoms with Gasteiger partial charge in [-0.2, -0.15) is 0 Å². The van der Waals surface area contributed by atoms with E-state index >= 15 is 0 Å². The molecular weight excluding hydrogens is 248 g/mol. The van der Waals surface area contributed by atoms with Crippen LogP contribution in [0.15, 0.2) is 23.1 Å². The maximum atomic E-state index is 11.5. The van der Waals surface area contributed by atoms with Crippen molar-refractivity contribution in [3.63, 3.8) is 0 Å². The Hall–Kier alpha value is -0.620. The molecule has 3 N–H and O–H groups in total. The van der Waals surface area contributed by atoms with E-state index in [0.29, 0.717) is 30.2 Å². The van der Waals surface area contributed by atoms with Crippen molar-refractivity contribution in [3.05, 3.63) is 28.8 Å². The summed E-state index contributed by atoms with van der Waals surface area (Å²) in [7, 11) is -3.25. The third kappa shape index (κ3) is 3.45. The number of hydrogen-bond acceptors (Lipinski definition) is 4. The molecule has 0 aliphatic rings. The second kappa shape index (κ2) is 5.63. The molecule has 4 nitrogen and oxygen atoms in total. The summed E-state index contributed by atoms with van der Waals surface area (Å²) in [6.45, 7) is 1.52. The molecule has 1 aromatic carbocycles. The first-order chi connectivity index (χ1) is 7.46. The van der Waals surface area contributed by atoms with Crippen LogP contribution in [0.25, 0.3) is 0 Å². The van der Waals surface area contributed by atoms with Crippen LogP contribution < -0.4 is 11.1 Å². The molecule has 0 saturated heterocycles. The second-order valence-electron chi connectivity index (χ2n) is 3.45. The van der Waals surface area contributed by atoms with Gasteiger partial charge >= 0.3 is 0 Å². The molecule has 0 amide bonds. The molecule has 0 atom stereocenters. The Bertz CT molecular complexity index is 460. The Morgan fingerprint density at radius 1 is 1.44 bits per heavy atom. The van der Waals surface area contributed by atoms with E-state index in [1.165, 1.54) is 6.26 Å². The highest BCUT2D eigenvalue weighted by Gasteiger charge is 2.14. The van der Waals surface area contributed by atoms with Crippen LogP contribution in [0, 0.1) is 0 Å². The van der Waals surface area contributed by atoms with E-state index in [9.17, 15) is 8.42 Å². The Labute approximate surface area is 101 Å². The smallest absolute Gasteiger partial charge is 0.175 e. The molecule has 0 aliphatic carbocycles. The van der Waals surface area contributed by atoms with Crippen LogP contribution in [0.4, 0.5) is 0 Å². The molecule has 0 fully saturated rings. The van der Waals surface area contributed by atoms with Gasteiger partial charge in [0.2, 0.25) is 0 Å². The van der Waals surface area contributed by atoms with Gasteiger partial charge in [0.25, 0.3) is 0 Å². The summed E-state index contributed by atoms with van der Waals surface area (Å²) in [5.74, 6) is 0. The normalized spacial score (nSPS) is 11.7. The van der Waals surface area contributed by atoms with Crippen molar-refractivity contribution in [2.75, 3.05) is 19.3 Å². The number of nitrogens with one attached hydrogen (secondary N) is 1. The van der Waals surface area contributed by atoms with Crippen molar-refractivity contribution >= 4 is 21.4 Å². The predicted octanol–water partition coefficient (Wildman–Crippen LogP) is 0.792. The zero-order valence-electron chi connectivity index (χ0n) is 9.03. The van der Waals surface area contributed by atoms with E-state index in [1.54, 1.807) is 18.2 Å². The lowest BCUT2D eigenvalue weighted by atomic mass is 10.2. The Kier molecular flexibility index (Phi) is 4.73. The Morgan fingerprint density at radius 3 is 2.69 bits per heavy atom. The topological polar surface area (TPSA) is 72.2 Å². The Balaban J connectivity index is 3.05. The van der Waals surface area contributed by atoms with Crippen molar-refractivity contribution in [3.8, 4) is 0 Å². The number of nitrogens with two attached hydrogens (primary N) is 1. The van der Waals surface area contributed by atoms with Gasteiger partial charge in [-0.3, -0.25) is 0 Å². The fourth-order valence-corrected chi connectivity index (χ4v) is 2.63. The molecule has 1 rings (SSSR count). The van der Waals surface area contributed by atoms with Crippen LogP contribution in [0.2, 0.25) is 5.02 Å². The van der Waals surface area contributed by atoms with Gasteiger partial charge in [0.15, 0.2) is 9.84 Å². The van der Waals surface area contributed by atoms with Gasteiger partial charge in [-0.05, 0) is 12.1 Å². The highest BCUT2D eigenvalue weighted by Crippen LogP contribution is 2.23. The largest absolute Gasteiger partial charge is 0.329 e. The number of halogens is 1. The van der Waals surface area contributed by atoms with Gasteiger partial charge in [-0.15, -0.1) is 0 Å². The maximum absolute atomic E-state index is 11.5. The van der Waals surface area contributed by atoms with Crippen molar-refractivity contribution < 1.29 is 8.42 Å². The fourth-order valence-electron chi connectivity index (χ4n) is 1.37. The summed E-state index contributed by atoms with van der Waals surface area (Å²) in [6.07, 6.45) is 1.17. The minimum atomic E-state index is -3.25. The van der Waals surface area contributed by atoms with Crippen LogP contribution in [-0.2, 0) is 16.4 Å². The van der Waals surface area contributed by atoms with Gasteiger partial charge in [0.1, 0.15) is 0 Å². The molecule has 0 aliphatic heterocycles. The molecule has 1 aromatic rings. The van der Waals surface area contributed by atoms with Crippen LogP contribution in [-0.4, -0.2) is 27.8 Å². The predicted molar refractivity (Wildman–Crippen MR) is 65.3 cm³/mol. The highest BCUT2D eigenvalue weighted by atomic mass is 35.5. The Morgan fingerprint density at radius 2 is 2.12 bits per heavy atom. The molecule has 0 spiro atoms. The molecule has 0 saturated carbocycles. The first kappa shape index (κ1) is 13.4. The number of rotatable bonds is 5. The van der Waals surface area contributed by atoms with E-state index in [-0.39, 0.29) is 4.90 Å². The standard InChI is InChI=1S/C10H15ClN2O2S/c1-16(14,15)10-4-2-3-9(11)8(10)7-13-6-5-12/h2-4,13H,5-7,12H2,1H3. The van der Waals surface area contributed by atoms with E-state index < -0.39 is 9.84 Å². The van der Waals surface area contributed by atoms with Crippen molar-refractivity contribution in [1.29, 1.82) is 0 Å². The van der Waals surface area contributed by atoms with Crippen molar-refractivity contribution in [2.45, 2.75) is 11.4 Å². The minimum absolute atomic E-state index is 0.268. The first-order valence-corrected chi connectivity index (χ1v) is 7.12. The van der Waals surface area contributed by atoms with Crippen LogP contribution >= 0.6 is 11.6 Å². The second-order valence-corrected chi connectivity index (χ2v) is 5.85. The molecular formula is C10H15ClN2O2S. The quantitative estimate of drug-likeness (QED) is 0.770. The van der Waals surface area contributed by atoms with E-state index in [2.05, 4.69) is 5.32 Å². The third-order valence-corrected chi connectivity index (χ3v) is 3.63. The maximum Gasteiger partial charge on any atom is 0.175 e. The highest BCUT2D eigenvalue weighted by molar-refractivity contribution is 7.90. The summed E-state index contributed by atoms with van der Waals surface area (Å²) in [5, 5.41) is 3.48. The first-order valence-electron chi connectivity index (χ1n) is 4.85. The van der Waals surface area contributed by atoms with Gasteiger partial charge in [0, 0.05) is 36.5 Å². The summed E-state index contributed by atoms with van der Waals surface area (Å²) >= 11 is 5.98. The third-order valence-electron chi connectivity index (χ3n) is 2.10. The van der Waals surface area contributed by atoms with Crippen molar-refractivity contribution in [1.82, 2.24) is 5.32 Å². The number of sulfone groups is 1. The average Bonchev–Trinajstić information content (AvgIpc) is 2.19. The molecule has 0 heterocycles. The molecule has 16 heavy (non-hydrogen) atoms. The van der Waals surface area contributed by atoms with Gasteiger partial charge in [0.05, 0.1) is 4.90 Å². The van der Waals surface area contributed by atoms with Crippen LogP contribution in [0.5, 0.6) is 0 Å². The minimum Gasteiger partial charge on any atom is -0.329 e. The summed E-state index contributed by atoms with van der Waals surface area (Å²) in [6, 6.07) is 4.86. The molecule has 0 bridgehead atoms. The molecule has 0 unspecified atom stereocenters. The molecule has 0 radical (unpaired) electrons. The van der Waals surface area contributed by atoms with Gasteiger partial charge < -0.3 is 11.1 Å². The SMILES string of the molecule is CS(=O)(=O)c1cccc(Cl)c1CNCCN. The molecule has 6 heteroatoms. The lowest BCUT2D eigenvalue weighted by Gasteiger charge is -2.10. The fraction of sp³-hybridized carbons (Fsp3) is 0.400. The lowest BCUT2D eigenvalue weighted by molar-refractivity contribution is 0.598. The van der Waals surface area contributed by atoms with Crippen molar-refractivity contribution in [2.24, 2.45) is 5.73 Å². The van der Waals surface area contributed by atoms with E-state index in [0.717, 1.165) is 0 Å². The summed E-state index contributed by atoms with van der Waals surface area (Å²) in [5.41, 5.74) is 5.94. The average molecular weight is 263 g/mol. The van der Waals surface area contributed by atoms with E-state index in [4.69, 9.17) is 17.3 Å². The summed E-state index contributed by atoms with van der Waals surface area (Å²) in [4.78, 5) is 0.268. The molecule has 0 aromatic heterocycles. The lowest BCUT2D eigenvalue weighted by Crippen LogP contribution is -2.23. The number of benzene rings is 1. The summed E-state index contributed by atoms with van der Waals surface area (Å²) < 4.78 is 23.1. The zero-order chi connectivity index (χ0) is 12.2. The number of hydrogen-bond donors (Lipinski definition) is 2. The zero-order valence-corrected chi connectivity index (χ0v) is 10.6. The van der Waals surface area contributed by atoms with Gasteiger partial charge in [-0.25, -0.2) is 8.42 Å². The van der Waals surface area contributed by atoms with Crippen LogP contribution in [0.3, 0.4) is 0 Å². The monoisotopic (exact) mass is 262 g/mol. The van der Waals surface area contributed by atoms with Crippen LogP contribution in [0.1, 0.15) is 5.56 Å². The van der Waals surface area contributed by atoms with Gasteiger partial charge in [-0.1, -0.05) is 17.7 Å². The molecule has 90 valence electrons.